The number of imide groups is 1. The Morgan fingerprint density at radius 2 is 1.64 bits per heavy atom. The molecule has 2 heterocycles. The van der Waals surface area contributed by atoms with Crippen molar-refractivity contribution >= 4 is 40.9 Å². The van der Waals surface area contributed by atoms with Crippen LogP contribution in [0.3, 0.4) is 0 Å². The summed E-state index contributed by atoms with van der Waals surface area (Å²) < 4.78 is 5.45. The van der Waals surface area contributed by atoms with Gasteiger partial charge in [0, 0.05) is 23.0 Å². The molecule has 3 aromatic rings. The molecule has 0 saturated carbocycles. The summed E-state index contributed by atoms with van der Waals surface area (Å²) in [5.41, 5.74) is 3.21. The average molecular weight is 477 g/mol. The maximum absolute atomic E-state index is 13.8. The summed E-state index contributed by atoms with van der Waals surface area (Å²) in [4.78, 5) is 32.0. The van der Waals surface area contributed by atoms with Crippen molar-refractivity contribution in [3.63, 3.8) is 0 Å². The van der Waals surface area contributed by atoms with E-state index >= 15 is 0 Å². The van der Waals surface area contributed by atoms with Crippen molar-refractivity contribution in [1.82, 2.24) is 4.90 Å². The highest BCUT2D eigenvalue weighted by Gasteiger charge is 2.44. The molecule has 0 fully saturated rings. The van der Waals surface area contributed by atoms with Crippen LogP contribution in [0, 0.1) is 0 Å². The van der Waals surface area contributed by atoms with Gasteiger partial charge in [0.1, 0.15) is 16.4 Å². The number of benzene rings is 3. The lowest BCUT2D eigenvalue weighted by atomic mass is 9.99. The second-order valence-corrected chi connectivity index (χ2v) is 9.32. The summed E-state index contributed by atoms with van der Waals surface area (Å²) in [5.74, 6) is -0.322. The van der Waals surface area contributed by atoms with Gasteiger partial charge in [0.25, 0.3) is 11.8 Å². The van der Waals surface area contributed by atoms with Gasteiger partial charge < -0.3 is 9.64 Å². The van der Waals surface area contributed by atoms with Gasteiger partial charge in [-0.1, -0.05) is 65.8 Å². The van der Waals surface area contributed by atoms with Gasteiger partial charge in [0.05, 0.1) is 12.8 Å². The predicted octanol–water partition coefficient (Wildman–Crippen LogP) is 5.28. The maximum Gasteiger partial charge on any atom is 0.283 e. The first-order chi connectivity index (χ1) is 16.1. The van der Waals surface area contributed by atoms with Crippen molar-refractivity contribution in [2.24, 2.45) is 0 Å². The van der Waals surface area contributed by atoms with Crippen LogP contribution in [0.2, 0.25) is 5.02 Å². The zero-order valence-corrected chi connectivity index (χ0v) is 19.5. The molecule has 0 bridgehead atoms. The summed E-state index contributed by atoms with van der Waals surface area (Å²) in [5, 5.41) is 0.420. The Hall–Kier alpha value is -3.22. The number of hydrogen-bond donors (Lipinski definition) is 0. The molecule has 0 aliphatic carbocycles. The fourth-order valence-electron chi connectivity index (χ4n) is 4.22. The third kappa shape index (κ3) is 4.01. The fourth-order valence-corrected chi connectivity index (χ4v) is 5.41. The van der Waals surface area contributed by atoms with E-state index in [2.05, 4.69) is 12.1 Å². The lowest BCUT2D eigenvalue weighted by Gasteiger charge is -2.31. The molecule has 0 aromatic heterocycles. The first-order valence-electron chi connectivity index (χ1n) is 10.6. The monoisotopic (exact) mass is 476 g/mol. The molecule has 166 valence electrons. The third-order valence-electron chi connectivity index (χ3n) is 5.81. The quantitative estimate of drug-likeness (QED) is 0.469. The Bertz CT molecular complexity index is 1280. The van der Waals surface area contributed by atoms with E-state index < -0.39 is 0 Å². The minimum atomic E-state index is -0.372. The molecule has 0 spiro atoms. The highest BCUT2D eigenvalue weighted by Crippen LogP contribution is 2.42. The van der Waals surface area contributed by atoms with Gasteiger partial charge in [-0.15, -0.1) is 0 Å². The standard InChI is InChI=1S/C26H21ClN2O3S/c1-32-22-12-11-19(27)15-21(22)29-25(30)23(24(26(29)31)33-20-9-3-2-4-10-20)28-14-13-17-7-5-6-8-18(17)16-28/h2-12,15H,13-14,16H2,1H3. The van der Waals surface area contributed by atoms with Crippen LogP contribution in [0.1, 0.15) is 11.1 Å². The van der Waals surface area contributed by atoms with Crippen molar-refractivity contribution in [1.29, 1.82) is 0 Å². The van der Waals surface area contributed by atoms with Crippen LogP contribution >= 0.6 is 23.4 Å². The summed E-state index contributed by atoms with van der Waals surface area (Å²) in [6, 6.07) is 22.8. The largest absolute Gasteiger partial charge is 0.495 e. The molecule has 0 N–H and O–H groups in total. The highest BCUT2D eigenvalue weighted by atomic mass is 35.5. The van der Waals surface area contributed by atoms with E-state index in [4.69, 9.17) is 16.3 Å². The van der Waals surface area contributed by atoms with E-state index in [0.29, 0.717) is 40.2 Å². The van der Waals surface area contributed by atoms with Crippen LogP contribution in [-0.4, -0.2) is 30.4 Å². The smallest absolute Gasteiger partial charge is 0.283 e. The Kier molecular flexibility index (Phi) is 5.87. The Labute approximate surface area is 201 Å². The third-order valence-corrected chi connectivity index (χ3v) is 7.12. The number of thioether (sulfide) groups is 1. The first kappa shape index (κ1) is 21.6. The molecule has 2 aliphatic rings. The van der Waals surface area contributed by atoms with Crippen molar-refractivity contribution in [3.8, 4) is 5.75 Å². The van der Waals surface area contributed by atoms with Crippen LogP contribution < -0.4 is 9.64 Å². The van der Waals surface area contributed by atoms with E-state index in [1.165, 1.54) is 34.9 Å². The number of hydrogen-bond acceptors (Lipinski definition) is 5. The van der Waals surface area contributed by atoms with Crippen LogP contribution in [0.5, 0.6) is 5.75 Å². The van der Waals surface area contributed by atoms with Crippen LogP contribution in [-0.2, 0) is 22.6 Å². The number of halogens is 1. The Morgan fingerprint density at radius 1 is 0.909 bits per heavy atom. The molecule has 0 atom stereocenters. The Balaban J connectivity index is 1.59. The second-order valence-electron chi connectivity index (χ2n) is 7.79. The average Bonchev–Trinajstić information content (AvgIpc) is 3.08. The lowest BCUT2D eigenvalue weighted by Crippen LogP contribution is -2.37. The number of methoxy groups -OCH3 is 1. The van der Waals surface area contributed by atoms with Crippen LogP contribution in [0.4, 0.5) is 5.69 Å². The number of carbonyl (C=O) groups is 2. The van der Waals surface area contributed by atoms with Crippen LogP contribution in [0.25, 0.3) is 0 Å². The zero-order chi connectivity index (χ0) is 22.9. The number of carbonyl (C=O) groups excluding carboxylic acids is 2. The van der Waals surface area contributed by atoms with Gasteiger partial charge in [0.15, 0.2) is 0 Å². The molecule has 0 radical (unpaired) electrons. The van der Waals surface area contributed by atoms with Gasteiger partial charge in [-0.25, -0.2) is 4.90 Å². The molecule has 0 unspecified atom stereocenters. The SMILES string of the molecule is COc1ccc(Cl)cc1N1C(=O)C(Sc2ccccc2)=C(N2CCc3ccccc3C2)C1=O. The molecule has 33 heavy (non-hydrogen) atoms. The van der Waals surface area contributed by atoms with Gasteiger partial charge in [0.2, 0.25) is 0 Å². The summed E-state index contributed by atoms with van der Waals surface area (Å²) in [6.07, 6.45) is 0.810. The number of fused-ring (bicyclic) bond motifs is 1. The number of anilines is 1. The van der Waals surface area contributed by atoms with E-state index in [0.717, 1.165) is 11.3 Å². The number of nitrogens with zero attached hydrogens (tertiary/aromatic N) is 2. The van der Waals surface area contributed by atoms with Gasteiger partial charge in [-0.2, -0.15) is 0 Å². The zero-order valence-electron chi connectivity index (χ0n) is 18.0. The number of amides is 2. The molecule has 2 aliphatic heterocycles. The first-order valence-corrected chi connectivity index (χ1v) is 11.8. The molecule has 5 rings (SSSR count). The molecule has 0 saturated heterocycles. The van der Waals surface area contributed by atoms with Gasteiger partial charge in [-0.3, -0.25) is 9.59 Å². The second kappa shape index (κ2) is 8.96. The van der Waals surface area contributed by atoms with E-state index in [-0.39, 0.29) is 11.8 Å². The fraction of sp³-hybridized carbons (Fsp3) is 0.154. The highest BCUT2D eigenvalue weighted by molar-refractivity contribution is 8.04. The van der Waals surface area contributed by atoms with Gasteiger partial charge >= 0.3 is 0 Å². The molecule has 2 amide bonds. The predicted molar refractivity (Wildman–Crippen MR) is 130 cm³/mol. The molecule has 5 nitrogen and oxygen atoms in total. The van der Waals surface area contributed by atoms with E-state index in [1.54, 1.807) is 18.2 Å². The van der Waals surface area contributed by atoms with Crippen molar-refractivity contribution in [2.75, 3.05) is 18.6 Å². The minimum absolute atomic E-state index is 0.346. The summed E-state index contributed by atoms with van der Waals surface area (Å²) in [7, 11) is 1.51. The van der Waals surface area contributed by atoms with E-state index in [9.17, 15) is 9.59 Å². The maximum atomic E-state index is 13.8. The summed E-state index contributed by atoms with van der Waals surface area (Å²) >= 11 is 7.54. The molecular weight excluding hydrogens is 456 g/mol. The summed E-state index contributed by atoms with van der Waals surface area (Å²) in [6.45, 7) is 1.23. The van der Waals surface area contributed by atoms with Crippen molar-refractivity contribution in [2.45, 2.75) is 17.9 Å². The van der Waals surface area contributed by atoms with Gasteiger partial charge in [-0.05, 0) is 47.9 Å². The Morgan fingerprint density at radius 3 is 2.39 bits per heavy atom. The number of ether oxygens (including phenoxy) is 1. The van der Waals surface area contributed by atoms with Crippen LogP contribution in [0.15, 0.2) is 88.3 Å². The van der Waals surface area contributed by atoms with Crippen molar-refractivity contribution in [3.05, 3.63) is 99.5 Å². The van der Waals surface area contributed by atoms with Crippen molar-refractivity contribution < 1.29 is 14.3 Å². The topological polar surface area (TPSA) is 49.9 Å². The molecule has 7 heteroatoms. The van der Waals surface area contributed by atoms with E-state index in [1.807, 2.05) is 47.4 Å². The normalized spacial score (nSPS) is 15.8. The molecule has 3 aromatic carbocycles. The minimum Gasteiger partial charge on any atom is -0.495 e. The number of rotatable bonds is 5. The lowest BCUT2D eigenvalue weighted by molar-refractivity contribution is -0.121. The molecular formula is C26H21ClN2O3S.